The molecule has 1 aromatic rings. The Hall–Kier alpha value is -1.03. The third kappa shape index (κ3) is 2.26. The molecule has 0 radical (unpaired) electrons. The molecule has 14 heavy (non-hydrogen) atoms. The summed E-state index contributed by atoms with van der Waals surface area (Å²) in [5.41, 5.74) is 0.498. The molecule has 6 heteroatoms. The molecular formula is C8H11N3O2S. The topological polar surface area (TPSA) is 92.9 Å². The fourth-order valence-corrected chi connectivity index (χ4v) is 1.37. The molecular weight excluding hydrogens is 202 g/mol. The fraction of sp³-hybridized carbons (Fsp3) is 0.500. The second-order valence-electron chi connectivity index (χ2n) is 2.84. The van der Waals surface area contributed by atoms with Crippen molar-refractivity contribution in [3.8, 4) is 6.07 Å². The van der Waals surface area contributed by atoms with Crippen LogP contribution >= 0.6 is 12.6 Å². The monoisotopic (exact) mass is 213 g/mol. The number of nitriles is 1. The van der Waals surface area contributed by atoms with Gasteiger partial charge in [0.1, 0.15) is 17.9 Å². The van der Waals surface area contributed by atoms with Crippen LogP contribution in [0.2, 0.25) is 0 Å². The summed E-state index contributed by atoms with van der Waals surface area (Å²) in [5.74, 6) is 0.470. The van der Waals surface area contributed by atoms with Gasteiger partial charge in [0, 0.05) is 5.56 Å². The smallest absolute Gasteiger partial charge is 0.141 e. The summed E-state index contributed by atoms with van der Waals surface area (Å²) < 4.78 is 0. The third-order valence-corrected chi connectivity index (χ3v) is 2.15. The van der Waals surface area contributed by atoms with Crippen LogP contribution in [0.5, 0.6) is 0 Å². The second kappa shape index (κ2) is 5.00. The first-order chi connectivity index (χ1) is 6.70. The Bertz CT molecular complexity index is 334. The van der Waals surface area contributed by atoms with Crippen LogP contribution in [0.1, 0.15) is 23.8 Å². The van der Waals surface area contributed by atoms with Gasteiger partial charge in [-0.15, -0.1) is 0 Å². The number of nitrogens with zero attached hydrogens (tertiary/aromatic N) is 2. The fourth-order valence-electron chi connectivity index (χ4n) is 1.11. The highest BCUT2D eigenvalue weighted by molar-refractivity contribution is 7.80. The maximum absolute atomic E-state index is 9.63. The molecule has 1 aromatic heterocycles. The van der Waals surface area contributed by atoms with Gasteiger partial charge < -0.3 is 10.2 Å². The van der Waals surface area contributed by atoms with Crippen molar-refractivity contribution in [1.29, 1.82) is 5.26 Å². The molecule has 2 unspecified atom stereocenters. The summed E-state index contributed by atoms with van der Waals surface area (Å²) in [4.78, 5) is 0. The molecule has 0 bridgehead atoms. The Labute approximate surface area is 86.8 Å². The van der Waals surface area contributed by atoms with Crippen LogP contribution in [0.15, 0.2) is 6.20 Å². The average Bonchev–Trinajstić information content (AvgIpc) is 2.64. The Kier molecular flexibility index (Phi) is 3.95. The zero-order valence-electron chi connectivity index (χ0n) is 7.38. The summed E-state index contributed by atoms with van der Waals surface area (Å²) >= 11 is 3.94. The van der Waals surface area contributed by atoms with Gasteiger partial charge in [0.15, 0.2) is 0 Å². The van der Waals surface area contributed by atoms with Crippen molar-refractivity contribution in [2.45, 2.75) is 18.6 Å². The molecule has 0 saturated carbocycles. The Morgan fingerprint density at radius 3 is 2.93 bits per heavy atom. The maximum atomic E-state index is 9.63. The van der Waals surface area contributed by atoms with E-state index in [9.17, 15) is 10.2 Å². The molecule has 3 N–H and O–H groups in total. The molecule has 76 valence electrons. The molecule has 0 spiro atoms. The van der Waals surface area contributed by atoms with Crippen molar-refractivity contribution in [2.24, 2.45) is 0 Å². The van der Waals surface area contributed by atoms with Crippen molar-refractivity contribution in [3.05, 3.63) is 17.5 Å². The zero-order chi connectivity index (χ0) is 10.6. The van der Waals surface area contributed by atoms with E-state index in [0.717, 1.165) is 0 Å². The SMILES string of the molecule is N#Cc1[nH]ncc1C(O)C(O)CCS. The summed E-state index contributed by atoms with van der Waals surface area (Å²) in [6, 6.07) is 1.85. The van der Waals surface area contributed by atoms with Crippen LogP contribution in [0.25, 0.3) is 0 Å². The average molecular weight is 213 g/mol. The van der Waals surface area contributed by atoms with Crippen LogP contribution in [-0.2, 0) is 0 Å². The van der Waals surface area contributed by atoms with Crippen LogP contribution in [-0.4, -0.2) is 32.3 Å². The molecule has 2 atom stereocenters. The van der Waals surface area contributed by atoms with Crippen molar-refractivity contribution in [3.63, 3.8) is 0 Å². The van der Waals surface area contributed by atoms with E-state index in [-0.39, 0.29) is 5.69 Å². The van der Waals surface area contributed by atoms with Crippen molar-refractivity contribution >= 4 is 12.6 Å². The third-order valence-electron chi connectivity index (χ3n) is 1.89. The van der Waals surface area contributed by atoms with E-state index >= 15 is 0 Å². The number of thiol groups is 1. The Balaban J connectivity index is 2.79. The predicted molar refractivity (Wildman–Crippen MR) is 52.7 cm³/mol. The number of aliphatic hydroxyl groups is 2. The van der Waals surface area contributed by atoms with Crippen molar-refractivity contribution in [1.82, 2.24) is 10.2 Å². The Morgan fingerprint density at radius 2 is 2.36 bits per heavy atom. The first-order valence-electron chi connectivity index (χ1n) is 4.11. The van der Waals surface area contributed by atoms with E-state index in [1.807, 2.05) is 6.07 Å². The minimum atomic E-state index is -1.09. The van der Waals surface area contributed by atoms with E-state index in [4.69, 9.17) is 5.26 Å². The molecule has 0 saturated heterocycles. The highest BCUT2D eigenvalue weighted by atomic mass is 32.1. The number of nitrogens with one attached hydrogen (secondary N) is 1. The number of aromatic amines is 1. The molecule has 0 aliphatic heterocycles. The minimum Gasteiger partial charge on any atom is -0.390 e. The van der Waals surface area contributed by atoms with Gasteiger partial charge in [0.05, 0.1) is 12.3 Å². The molecule has 0 fully saturated rings. The van der Waals surface area contributed by atoms with Crippen LogP contribution in [0.4, 0.5) is 0 Å². The number of hydrogen-bond acceptors (Lipinski definition) is 5. The highest BCUT2D eigenvalue weighted by Crippen LogP contribution is 2.20. The molecule has 5 nitrogen and oxygen atoms in total. The van der Waals surface area contributed by atoms with E-state index in [0.29, 0.717) is 17.7 Å². The van der Waals surface area contributed by atoms with Gasteiger partial charge in [-0.1, -0.05) is 0 Å². The van der Waals surface area contributed by atoms with Crippen molar-refractivity contribution in [2.75, 3.05) is 5.75 Å². The summed E-state index contributed by atoms with van der Waals surface area (Å²) in [7, 11) is 0. The maximum Gasteiger partial charge on any atom is 0.141 e. The number of H-pyrrole nitrogens is 1. The predicted octanol–water partition coefficient (Wildman–Crippen LogP) is -0.00442. The first-order valence-corrected chi connectivity index (χ1v) is 4.74. The first kappa shape index (κ1) is 11.0. The Morgan fingerprint density at radius 1 is 1.64 bits per heavy atom. The standard InChI is InChI=1S/C8H11N3O2S/c9-3-6-5(4-10-11-6)8(13)7(12)1-2-14/h4,7-8,12-14H,1-2H2,(H,10,11). The van der Waals surface area contributed by atoms with Gasteiger partial charge >= 0.3 is 0 Å². The van der Waals surface area contributed by atoms with E-state index in [2.05, 4.69) is 22.8 Å². The minimum absolute atomic E-state index is 0.177. The van der Waals surface area contributed by atoms with Crippen LogP contribution in [0, 0.1) is 11.3 Å². The molecule has 1 rings (SSSR count). The van der Waals surface area contributed by atoms with E-state index in [1.54, 1.807) is 0 Å². The second-order valence-corrected chi connectivity index (χ2v) is 3.28. The normalized spacial score (nSPS) is 14.7. The lowest BCUT2D eigenvalue weighted by Gasteiger charge is -2.15. The zero-order valence-corrected chi connectivity index (χ0v) is 8.28. The lowest BCUT2D eigenvalue weighted by Crippen LogP contribution is -2.19. The summed E-state index contributed by atoms with van der Waals surface area (Å²) in [5, 5.41) is 33.8. The number of aromatic nitrogens is 2. The van der Waals surface area contributed by atoms with Gasteiger partial charge in [0.25, 0.3) is 0 Å². The van der Waals surface area contributed by atoms with E-state index in [1.165, 1.54) is 6.20 Å². The van der Waals surface area contributed by atoms with Gasteiger partial charge in [-0.05, 0) is 12.2 Å². The van der Waals surface area contributed by atoms with Gasteiger partial charge in [-0.2, -0.15) is 23.0 Å². The van der Waals surface area contributed by atoms with Gasteiger partial charge in [-0.3, -0.25) is 5.10 Å². The number of rotatable bonds is 4. The lowest BCUT2D eigenvalue weighted by molar-refractivity contribution is 0.0171. The van der Waals surface area contributed by atoms with Crippen LogP contribution < -0.4 is 0 Å². The quantitative estimate of drug-likeness (QED) is 0.529. The number of aliphatic hydroxyl groups excluding tert-OH is 2. The number of hydrogen-bond donors (Lipinski definition) is 4. The van der Waals surface area contributed by atoms with Gasteiger partial charge in [-0.25, -0.2) is 0 Å². The summed E-state index contributed by atoms with van der Waals surface area (Å²) in [6.07, 6.45) is -0.307. The van der Waals surface area contributed by atoms with E-state index < -0.39 is 12.2 Å². The molecule has 0 aliphatic rings. The van der Waals surface area contributed by atoms with Gasteiger partial charge in [0.2, 0.25) is 0 Å². The highest BCUT2D eigenvalue weighted by Gasteiger charge is 2.21. The largest absolute Gasteiger partial charge is 0.390 e. The summed E-state index contributed by atoms with van der Waals surface area (Å²) in [6.45, 7) is 0. The van der Waals surface area contributed by atoms with Crippen LogP contribution in [0.3, 0.4) is 0 Å². The van der Waals surface area contributed by atoms with Crippen molar-refractivity contribution < 1.29 is 10.2 Å². The lowest BCUT2D eigenvalue weighted by atomic mass is 10.0. The molecule has 0 aromatic carbocycles. The molecule has 0 aliphatic carbocycles. The molecule has 0 amide bonds. The molecule has 1 heterocycles.